The molecule has 0 aliphatic rings. The number of hydrogen-bond acceptors (Lipinski definition) is 5. The van der Waals surface area contributed by atoms with Crippen LogP contribution in [0.1, 0.15) is 20.3 Å². The van der Waals surface area contributed by atoms with Crippen molar-refractivity contribution in [2.75, 3.05) is 5.75 Å². The highest BCUT2D eigenvalue weighted by Gasteiger charge is 2.20. The van der Waals surface area contributed by atoms with E-state index in [0.29, 0.717) is 16.7 Å². The van der Waals surface area contributed by atoms with E-state index in [1.165, 1.54) is 11.8 Å². The molecule has 0 bridgehead atoms. The molecule has 4 aromatic rings. The van der Waals surface area contributed by atoms with Gasteiger partial charge in [-0.2, -0.15) is 0 Å². The summed E-state index contributed by atoms with van der Waals surface area (Å²) in [5.74, 6) is 1.50. The summed E-state index contributed by atoms with van der Waals surface area (Å²) in [4.78, 5) is 12.2. The molecule has 6 nitrogen and oxygen atoms in total. The van der Waals surface area contributed by atoms with Crippen LogP contribution in [-0.4, -0.2) is 32.5 Å². The minimum Gasteiger partial charge on any atom is -0.453 e. The van der Waals surface area contributed by atoms with Gasteiger partial charge in [0.2, 0.25) is 11.7 Å². The molecule has 0 spiro atoms. The molecule has 29 heavy (non-hydrogen) atoms. The lowest BCUT2D eigenvalue weighted by Crippen LogP contribution is -2.33. The predicted octanol–water partition coefficient (Wildman–Crippen LogP) is 4.69. The number of furan rings is 1. The van der Waals surface area contributed by atoms with Crippen molar-refractivity contribution in [1.82, 2.24) is 20.1 Å². The molecule has 0 radical (unpaired) electrons. The third-order valence-corrected chi connectivity index (χ3v) is 5.57. The molecular weight excluding hydrogens is 384 g/mol. The summed E-state index contributed by atoms with van der Waals surface area (Å²) in [6, 6.07) is 19.8. The van der Waals surface area contributed by atoms with Crippen molar-refractivity contribution in [2.24, 2.45) is 0 Å². The Morgan fingerprint density at radius 1 is 1.14 bits per heavy atom. The Bertz CT molecular complexity index is 1090. The number of rotatable bonds is 7. The van der Waals surface area contributed by atoms with E-state index in [-0.39, 0.29) is 17.7 Å². The van der Waals surface area contributed by atoms with E-state index in [0.717, 1.165) is 23.1 Å². The number of carbonyl (C=O) groups excluding carboxylic acids is 1. The van der Waals surface area contributed by atoms with Crippen molar-refractivity contribution in [3.8, 4) is 17.3 Å². The lowest BCUT2D eigenvalue weighted by Gasteiger charge is -2.11. The second-order valence-corrected chi connectivity index (χ2v) is 7.73. The number of para-hydroxylation sites is 2. The molecule has 2 aromatic heterocycles. The average molecular weight is 407 g/mol. The number of carbonyl (C=O) groups is 1. The lowest BCUT2D eigenvalue weighted by molar-refractivity contribution is -0.119. The van der Waals surface area contributed by atoms with E-state index >= 15 is 0 Å². The molecule has 0 aliphatic heterocycles. The Morgan fingerprint density at radius 2 is 1.90 bits per heavy atom. The van der Waals surface area contributed by atoms with Crippen molar-refractivity contribution in [2.45, 2.75) is 31.5 Å². The van der Waals surface area contributed by atoms with E-state index in [1.807, 2.05) is 79.1 Å². The van der Waals surface area contributed by atoms with Gasteiger partial charge in [-0.25, -0.2) is 0 Å². The van der Waals surface area contributed by atoms with Gasteiger partial charge in [0.05, 0.1) is 5.75 Å². The minimum absolute atomic E-state index is 0.0164. The molecule has 2 aromatic carbocycles. The summed E-state index contributed by atoms with van der Waals surface area (Å²) in [6.45, 7) is 4.04. The van der Waals surface area contributed by atoms with E-state index in [9.17, 15) is 4.79 Å². The van der Waals surface area contributed by atoms with Crippen LogP contribution in [0.3, 0.4) is 0 Å². The largest absolute Gasteiger partial charge is 0.453 e. The zero-order chi connectivity index (χ0) is 20.2. The number of thioether (sulfide) groups is 1. The molecule has 2 heterocycles. The van der Waals surface area contributed by atoms with Gasteiger partial charge >= 0.3 is 0 Å². The second-order valence-electron chi connectivity index (χ2n) is 6.79. The summed E-state index contributed by atoms with van der Waals surface area (Å²) in [7, 11) is 0. The van der Waals surface area contributed by atoms with Crippen LogP contribution in [0.5, 0.6) is 0 Å². The highest BCUT2D eigenvalue weighted by molar-refractivity contribution is 7.99. The quantitative estimate of drug-likeness (QED) is 0.451. The first-order valence-electron chi connectivity index (χ1n) is 9.57. The van der Waals surface area contributed by atoms with Crippen LogP contribution in [0.15, 0.2) is 70.2 Å². The molecule has 0 saturated heterocycles. The SMILES string of the molecule is CC[C@H](C)NC(=O)CSc1nnc(-c2cc3ccccc3o2)n1-c1ccccc1. The van der Waals surface area contributed by atoms with Crippen molar-refractivity contribution in [1.29, 1.82) is 0 Å². The molecule has 148 valence electrons. The Balaban J connectivity index is 1.68. The first kappa shape index (κ1) is 19.3. The van der Waals surface area contributed by atoms with Crippen molar-refractivity contribution < 1.29 is 9.21 Å². The van der Waals surface area contributed by atoms with Gasteiger partial charge in [0.25, 0.3) is 0 Å². The molecule has 0 saturated carbocycles. The number of nitrogens with zero attached hydrogens (tertiary/aromatic N) is 3. The van der Waals surface area contributed by atoms with Gasteiger partial charge in [0, 0.05) is 17.1 Å². The highest BCUT2D eigenvalue weighted by atomic mass is 32.2. The fourth-order valence-corrected chi connectivity index (χ4v) is 3.74. The van der Waals surface area contributed by atoms with Crippen LogP contribution >= 0.6 is 11.8 Å². The van der Waals surface area contributed by atoms with Gasteiger partial charge in [-0.05, 0) is 37.6 Å². The van der Waals surface area contributed by atoms with Gasteiger partial charge < -0.3 is 9.73 Å². The molecule has 7 heteroatoms. The van der Waals surface area contributed by atoms with E-state index in [4.69, 9.17) is 4.42 Å². The van der Waals surface area contributed by atoms with E-state index in [2.05, 4.69) is 15.5 Å². The summed E-state index contributed by atoms with van der Waals surface area (Å²) in [5.41, 5.74) is 1.71. The Kier molecular flexibility index (Phi) is 5.67. The number of benzene rings is 2. The van der Waals surface area contributed by atoms with Crippen LogP contribution in [0, 0.1) is 0 Å². The van der Waals surface area contributed by atoms with E-state index in [1.54, 1.807) is 0 Å². The van der Waals surface area contributed by atoms with Crippen LogP contribution in [0.25, 0.3) is 28.2 Å². The zero-order valence-electron chi connectivity index (χ0n) is 16.3. The first-order chi connectivity index (χ1) is 14.2. The van der Waals surface area contributed by atoms with Crippen molar-refractivity contribution in [3.05, 3.63) is 60.7 Å². The van der Waals surface area contributed by atoms with Gasteiger partial charge in [0.1, 0.15) is 5.58 Å². The Morgan fingerprint density at radius 3 is 2.66 bits per heavy atom. The number of aromatic nitrogens is 3. The highest BCUT2D eigenvalue weighted by Crippen LogP contribution is 2.31. The predicted molar refractivity (Wildman–Crippen MR) is 115 cm³/mol. The smallest absolute Gasteiger partial charge is 0.230 e. The number of hydrogen-bond donors (Lipinski definition) is 1. The maximum Gasteiger partial charge on any atom is 0.230 e. The Labute approximate surface area is 173 Å². The van der Waals surface area contributed by atoms with Gasteiger partial charge in [0.15, 0.2) is 10.9 Å². The molecule has 0 fully saturated rings. The zero-order valence-corrected chi connectivity index (χ0v) is 17.1. The standard InChI is InChI=1S/C22H22N4O2S/c1-3-15(2)23-20(27)14-29-22-25-24-21(26(22)17-10-5-4-6-11-17)19-13-16-9-7-8-12-18(16)28-19/h4-13,15H,3,14H2,1-2H3,(H,23,27)/t15-/m0/s1. The van der Waals surface area contributed by atoms with Gasteiger partial charge in [-0.3, -0.25) is 9.36 Å². The third-order valence-electron chi connectivity index (χ3n) is 4.65. The Hall–Kier alpha value is -3.06. The average Bonchev–Trinajstić information content (AvgIpc) is 3.36. The van der Waals surface area contributed by atoms with Crippen LogP contribution < -0.4 is 5.32 Å². The second kappa shape index (κ2) is 8.53. The van der Waals surface area contributed by atoms with E-state index < -0.39 is 0 Å². The molecule has 1 atom stereocenters. The topological polar surface area (TPSA) is 73.0 Å². The summed E-state index contributed by atoms with van der Waals surface area (Å²) in [6.07, 6.45) is 0.896. The third kappa shape index (κ3) is 4.19. The molecule has 0 unspecified atom stereocenters. The first-order valence-corrected chi connectivity index (χ1v) is 10.6. The number of fused-ring (bicyclic) bond motifs is 1. The minimum atomic E-state index is -0.0164. The molecule has 4 rings (SSSR count). The van der Waals surface area contributed by atoms with Crippen LogP contribution in [0.4, 0.5) is 0 Å². The van der Waals surface area contributed by atoms with Crippen LogP contribution in [-0.2, 0) is 4.79 Å². The van der Waals surface area contributed by atoms with Gasteiger partial charge in [-0.15, -0.1) is 10.2 Å². The lowest BCUT2D eigenvalue weighted by atomic mass is 10.2. The summed E-state index contributed by atoms with van der Waals surface area (Å²) in [5, 5.41) is 13.4. The maximum atomic E-state index is 12.2. The van der Waals surface area contributed by atoms with Crippen molar-refractivity contribution >= 4 is 28.6 Å². The number of amides is 1. The summed E-state index contributed by atoms with van der Waals surface area (Å²) >= 11 is 1.36. The number of nitrogens with one attached hydrogen (secondary N) is 1. The monoisotopic (exact) mass is 406 g/mol. The molecule has 1 N–H and O–H groups in total. The molecular formula is C22H22N4O2S. The normalized spacial score (nSPS) is 12.2. The summed E-state index contributed by atoms with van der Waals surface area (Å²) < 4.78 is 7.94. The molecule has 1 amide bonds. The fraction of sp³-hybridized carbons (Fsp3) is 0.227. The maximum absolute atomic E-state index is 12.2. The fourth-order valence-electron chi connectivity index (χ4n) is 2.97. The van der Waals surface area contributed by atoms with Gasteiger partial charge in [-0.1, -0.05) is 55.1 Å². The molecule has 0 aliphatic carbocycles. The van der Waals surface area contributed by atoms with Crippen molar-refractivity contribution in [3.63, 3.8) is 0 Å². The van der Waals surface area contributed by atoms with Crippen LogP contribution in [0.2, 0.25) is 0 Å².